The van der Waals surface area contributed by atoms with Crippen molar-refractivity contribution in [3.8, 4) is 6.07 Å². The van der Waals surface area contributed by atoms with Gasteiger partial charge in [0, 0.05) is 6.20 Å². The number of aliphatic hydroxyl groups is 2. The molecule has 0 aliphatic rings. The lowest BCUT2D eigenvalue weighted by molar-refractivity contribution is -0.144. The highest BCUT2D eigenvalue weighted by atomic mass is 16.5. The number of carbonyl (C=O) groups is 1. The van der Waals surface area contributed by atoms with E-state index in [0.717, 1.165) is 0 Å². The molecule has 1 aromatic rings. The smallest absolute Gasteiger partial charge is 0.308 e. The van der Waals surface area contributed by atoms with Gasteiger partial charge in [-0.25, -0.2) is 0 Å². The molecule has 0 fully saturated rings. The number of nitriles is 1. The molecule has 2 atom stereocenters. The lowest BCUT2D eigenvalue weighted by atomic mass is 10.1. The first-order valence-corrected chi connectivity index (χ1v) is 4.87. The van der Waals surface area contributed by atoms with Gasteiger partial charge in [0.05, 0.1) is 30.9 Å². The first kappa shape index (κ1) is 13.1. The van der Waals surface area contributed by atoms with Gasteiger partial charge < -0.3 is 14.9 Å². The van der Waals surface area contributed by atoms with Crippen LogP contribution in [-0.4, -0.2) is 34.4 Å². The highest BCUT2D eigenvalue weighted by molar-refractivity contribution is 5.69. The van der Waals surface area contributed by atoms with Gasteiger partial charge in [-0.05, 0) is 12.1 Å². The molecule has 6 heteroatoms. The van der Waals surface area contributed by atoms with Crippen molar-refractivity contribution in [1.82, 2.24) is 4.98 Å². The average Bonchev–Trinajstić information content (AvgIpc) is 2.37. The Morgan fingerprint density at radius 1 is 1.59 bits per heavy atom. The van der Waals surface area contributed by atoms with Gasteiger partial charge in [0.25, 0.3) is 0 Å². The number of aliphatic hydroxyl groups excluding tert-OH is 2. The molecule has 1 rings (SSSR count). The SMILES string of the molecule is COC(=O)CC(O)C(O)c1ccc(C#N)cn1. The van der Waals surface area contributed by atoms with E-state index in [0.29, 0.717) is 5.56 Å². The molecule has 2 N–H and O–H groups in total. The first-order valence-electron chi connectivity index (χ1n) is 4.87. The number of esters is 1. The van der Waals surface area contributed by atoms with Gasteiger partial charge in [-0.2, -0.15) is 5.26 Å². The standard InChI is InChI=1S/C11H12N2O4/c1-17-10(15)4-9(14)11(16)8-3-2-7(5-12)6-13-8/h2-3,6,9,11,14,16H,4H2,1H3. The van der Waals surface area contributed by atoms with Gasteiger partial charge in [-0.3, -0.25) is 9.78 Å². The lowest BCUT2D eigenvalue weighted by Gasteiger charge is -2.15. The fraction of sp³-hybridized carbons (Fsp3) is 0.364. The van der Waals surface area contributed by atoms with E-state index in [2.05, 4.69) is 9.72 Å². The van der Waals surface area contributed by atoms with Crippen LogP contribution in [-0.2, 0) is 9.53 Å². The number of nitrogens with zero attached hydrogens (tertiary/aromatic N) is 2. The van der Waals surface area contributed by atoms with Crippen LogP contribution in [0.15, 0.2) is 18.3 Å². The molecular formula is C11H12N2O4. The van der Waals surface area contributed by atoms with Crippen LogP contribution in [0.1, 0.15) is 23.8 Å². The fourth-order valence-corrected chi connectivity index (χ4v) is 1.21. The summed E-state index contributed by atoms with van der Waals surface area (Å²) in [7, 11) is 1.20. The lowest BCUT2D eigenvalue weighted by Crippen LogP contribution is -2.23. The number of pyridine rings is 1. The number of hydrogen-bond acceptors (Lipinski definition) is 6. The third kappa shape index (κ3) is 3.52. The summed E-state index contributed by atoms with van der Waals surface area (Å²) < 4.78 is 4.37. The molecule has 17 heavy (non-hydrogen) atoms. The van der Waals surface area contributed by atoms with Crippen molar-refractivity contribution in [2.24, 2.45) is 0 Å². The van der Waals surface area contributed by atoms with E-state index in [1.807, 2.05) is 6.07 Å². The van der Waals surface area contributed by atoms with Crippen LogP contribution < -0.4 is 0 Å². The zero-order valence-electron chi connectivity index (χ0n) is 9.20. The van der Waals surface area contributed by atoms with Crippen LogP contribution >= 0.6 is 0 Å². The number of carbonyl (C=O) groups excluding carboxylic acids is 1. The van der Waals surface area contributed by atoms with Gasteiger partial charge >= 0.3 is 5.97 Å². The number of methoxy groups -OCH3 is 1. The summed E-state index contributed by atoms with van der Waals surface area (Å²) in [6.45, 7) is 0. The van der Waals surface area contributed by atoms with Crippen molar-refractivity contribution in [3.05, 3.63) is 29.6 Å². The van der Waals surface area contributed by atoms with Crippen molar-refractivity contribution >= 4 is 5.97 Å². The molecule has 0 spiro atoms. The molecule has 0 aromatic carbocycles. The van der Waals surface area contributed by atoms with Crippen molar-refractivity contribution in [3.63, 3.8) is 0 Å². The van der Waals surface area contributed by atoms with E-state index < -0.39 is 18.2 Å². The van der Waals surface area contributed by atoms with E-state index >= 15 is 0 Å². The largest absolute Gasteiger partial charge is 0.469 e. The van der Waals surface area contributed by atoms with Crippen LogP contribution in [0.5, 0.6) is 0 Å². The van der Waals surface area contributed by atoms with Gasteiger partial charge in [0.1, 0.15) is 12.2 Å². The zero-order valence-corrected chi connectivity index (χ0v) is 9.20. The second-order valence-corrected chi connectivity index (χ2v) is 3.38. The summed E-state index contributed by atoms with van der Waals surface area (Å²) in [5.74, 6) is -0.620. The highest BCUT2D eigenvalue weighted by Crippen LogP contribution is 2.17. The summed E-state index contributed by atoms with van der Waals surface area (Å²) in [4.78, 5) is 14.7. The Kier molecular flexibility index (Phi) is 4.57. The molecule has 0 aliphatic heterocycles. The summed E-state index contributed by atoms with van der Waals surface area (Å²) in [5.41, 5.74) is 0.545. The van der Waals surface area contributed by atoms with Gasteiger partial charge in [-0.15, -0.1) is 0 Å². The van der Waals surface area contributed by atoms with Crippen molar-refractivity contribution in [2.45, 2.75) is 18.6 Å². The minimum Gasteiger partial charge on any atom is -0.469 e. The van der Waals surface area contributed by atoms with Crippen LogP contribution in [0.4, 0.5) is 0 Å². The van der Waals surface area contributed by atoms with Crippen molar-refractivity contribution in [1.29, 1.82) is 5.26 Å². The van der Waals surface area contributed by atoms with Crippen molar-refractivity contribution in [2.75, 3.05) is 7.11 Å². The third-order valence-electron chi connectivity index (χ3n) is 2.19. The summed E-state index contributed by atoms with van der Waals surface area (Å²) >= 11 is 0. The molecule has 1 aromatic heterocycles. The molecular weight excluding hydrogens is 224 g/mol. The predicted molar refractivity (Wildman–Crippen MR) is 56.6 cm³/mol. The number of hydrogen-bond donors (Lipinski definition) is 2. The average molecular weight is 236 g/mol. The molecule has 2 unspecified atom stereocenters. The molecule has 6 nitrogen and oxygen atoms in total. The van der Waals surface area contributed by atoms with Crippen LogP contribution in [0.2, 0.25) is 0 Å². The summed E-state index contributed by atoms with van der Waals surface area (Å²) in [5, 5.41) is 27.8. The van der Waals surface area contributed by atoms with Crippen molar-refractivity contribution < 1.29 is 19.7 Å². The molecule has 0 radical (unpaired) electrons. The monoisotopic (exact) mass is 236 g/mol. The van der Waals surface area contributed by atoms with E-state index in [1.165, 1.54) is 25.4 Å². The van der Waals surface area contributed by atoms with Gasteiger partial charge in [-0.1, -0.05) is 0 Å². The molecule has 0 aliphatic carbocycles. The maximum atomic E-state index is 10.9. The van der Waals surface area contributed by atoms with E-state index in [4.69, 9.17) is 5.26 Å². The minimum absolute atomic E-state index is 0.195. The fourth-order valence-electron chi connectivity index (χ4n) is 1.21. The van der Waals surface area contributed by atoms with Crippen LogP contribution in [0, 0.1) is 11.3 Å². The Labute approximate surface area is 98.1 Å². The van der Waals surface area contributed by atoms with Gasteiger partial charge in [0.15, 0.2) is 0 Å². The Morgan fingerprint density at radius 2 is 2.29 bits per heavy atom. The highest BCUT2D eigenvalue weighted by Gasteiger charge is 2.22. The Balaban J connectivity index is 2.71. The van der Waals surface area contributed by atoms with Crippen LogP contribution in [0.3, 0.4) is 0 Å². The first-order chi connectivity index (χ1) is 8.08. The molecule has 0 amide bonds. The Morgan fingerprint density at radius 3 is 2.76 bits per heavy atom. The number of ether oxygens (including phenoxy) is 1. The van der Waals surface area contributed by atoms with Gasteiger partial charge in [0.2, 0.25) is 0 Å². The normalized spacial score (nSPS) is 13.5. The quantitative estimate of drug-likeness (QED) is 0.708. The second kappa shape index (κ2) is 5.94. The maximum absolute atomic E-state index is 10.9. The number of aromatic nitrogens is 1. The summed E-state index contributed by atoms with van der Waals surface area (Å²) in [6.07, 6.45) is -1.62. The third-order valence-corrected chi connectivity index (χ3v) is 2.19. The predicted octanol–water partition coefficient (Wildman–Crippen LogP) is -0.0893. The second-order valence-electron chi connectivity index (χ2n) is 3.38. The minimum atomic E-state index is -1.29. The van der Waals surface area contributed by atoms with Crippen LogP contribution in [0.25, 0.3) is 0 Å². The molecule has 90 valence electrons. The Hall–Kier alpha value is -1.97. The Bertz CT molecular complexity index is 424. The maximum Gasteiger partial charge on any atom is 0.308 e. The zero-order chi connectivity index (χ0) is 12.8. The van der Waals surface area contributed by atoms with E-state index in [-0.39, 0.29) is 12.1 Å². The molecule has 0 saturated heterocycles. The van der Waals surface area contributed by atoms with E-state index in [9.17, 15) is 15.0 Å². The molecule has 1 heterocycles. The molecule has 0 saturated carbocycles. The summed E-state index contributed by atoms with van der Waals surface area (Å²) in [6, 6.07) is 4.77. The molecule has 0 bridgehead atoms. The van der Waals surface area contributed by atoms with E-state index in [1.54, 1.807) is 0 Å². The number of rotatable bonds is 4. The topological polar surface area (TPSA) is 103 Å².